The summed E-state index contributed by atoms with van der Waals surface area (Å²) in [6.45, 7) is 3.81. The summed E-state index contributed by atoms with van der Waals surface area (Å²) in [6.07, 6.45) is 0. The first-order valence-corrected chi connectivity index (χ1v) is 9.98. The van der Waals surface area contributed by atoms with Crippen LogP contribution < -0.4 is 15.3 Å². The number of nitriles is 1. The zero-order chi connectivity index (χ0) is 21.7. The van der Waals surface area contributed by atoms with E-state index in [4.69, 9.17) is 0 Å². The largest absolute Gasteiger partial charge is 0.310 e. The number of aromatic amines is 1. The van der Waals surface area contributed by atoms with Crippen LogP contribution >= 0.6 is 0 Å². The van der Waals surface area contributed by atoms with E-state index < -0.39 is 0 Å². The van der Waals surface area contributed by atoms with E-state index in [9.17, 15) is 10.1 Å². The van der Waals surface area contributed by atoms with E-state index in [0.717, 1.165) is 33.8 Å². The molecule has 5 aromatic rings. The molecular weight excluding hydrogens is 388 g/mol. The second-order valence-corrected chi connectivity index (χ2v) is 7.59. The summed E-state index contributed by atoms with van der Waals surface area (Å²) < 4.78 is 5.44. The van der Waals surface area contributed by atoms with Gasteiger partial charge in [0.15, 0.2) is 5.69 Å². The average molecular weight is 409 g/mol. The van der Waals surface area contributed by atoms with Gasteiger partial charge >= 0.3 is 5.56 Å². The van der Waals surface area contributed by atoms with Gasteiger partial charge in [-0.05, 0) is 43.7 Å². The van der Waals surface area contributed by atoms with E-state index in [2.05, 4.69) is 16.4 Å². The Morgan fingerprint density at radius 3 is 2.52 bits per heavy atom. The van der Waals surface area contributed by atoms with Crippen LogP contribution in [-0.4, -0.2) is 14.3 Å². The molecule has 3 heterocycles. The number of nitrogens with zero attached hydrogens (tertiary/aromatic N) is 4. The van der Waals surface area contributed by atoms with Crippen LogP contribution in [0.2, 0.25) is 0 Å². The fraction of sp³-hybridized carbons (Fsp3) is 0.125. The fourth-order valence-electron chi connectivity index (χ4n) is 4.10. The van der Waals surface area contributed by atoms with Gasteiger partial charge in [-0.3, -0.25) is 19.8 Å². The lowest BCUT2D eigenvalue weighted by Gasteiger charge is -2.07. The third kappa shape index (κ3) is 2.73. The van der Waals surface area contributed by atoms with Crippen molar-refractivity contribution in [2.45, 2.75) is 13.8 Å². The molecule has 2 aromatic carbocycles. The number of fused-ring (bicyclic) bond motifs is 3. The first-order chi connectivity index (χ1) is 15.0. The van der Waals surface area contributed by atoms with Gasteiger partial charge in [-0.15, -0.1) is 0 Å². The SMILES string of the molecule is Cc1cc(Nc2c(C)n(C)n(-c3ccccc3)c2=O)[n+]2c([nH]c3ccccc32)c1C#N. The molecule has 0 amide bonds. The first-order valence-electron chi connectivity index (χ1n) is 9.98. The average Bonchev–Trinajstić information content (AvgIpc) is 3.25. The molecular formula is C24H21N6O+. The Hall–Kier alpha value is -4.31. The van der Waals surface area contributed by atoms with Gasteiger partial charge in [0.2, 0.25) is 11.5 Å². The maximum atomic E-state index is 13.4. The maximum absolute atomic E-state index is 13.4. The summed E-state index contributed by atoms with van der Waals surface area (Å²) in [6, 6.07) is 21.6. The molecule has 0 saturated carbocycles. The zero-order valence-corrected chi connectivity index (χ0v) is 17.5. The summed E-state index contributed by atoms with van der Waals surface area (Å²) in [7, 11) is 1.87. The topological polar surface area (TPSA) is 82.6 Å². The molecule has 0 spiro atoms. The molecule has 31 heavy (non-hydrogen) atoms. The molecule has 0 aliphatic carbocycles. The Kier molecular flexibility index (Phi) is 4.15. The van der Waals surface area contributed by atoms with Gasteiger partial charge in [0.25, 0.3) is 0 Å². The third-order valence-electron chi connectivity index (χ3n) is 5.77. The number of benzene rings is 2. The lowest BCUT2D eigenvalue weighted by atomic mass is 10.1. The number of hydrogen-bond donors (Lipinski definition) is 2. The van der Waals surface area contributed by atoms with Crippen molar-refractivity contribution < 1.29 is 4.40 Å². The Bertz CT molecular complexity index is 1560. The Labute approximate surface area is 178 Å². The Morgan fingerprint density at radius 2 is 1.77 bits per heavy atom. The molecule has 152 valence electrons. The second kappa shape index (κ2) is 6.89. The first kappa shape index (κ1) is 18.7. The number of rotatable bonds is 3. The monoisotopic (exact) mass is 409 g/mol. The highest BCUT2D eigenvalue weighted by Gasteiger charge is 2.24. The number of aryl methyl sites for hydroxylation is 1. The van der Waals surface area contributed by atoms with Gasteiger partial charge in [-0.25, -0.2) is 4.68 Å². The van der Waals surface area contributed by atoms with Crippen LogP contribution in [-0.2, 0) is 7.05 Å². The van der Waals surface area contributed by atoms with Crippen LogP contribution in [0.3, 0.4) is 0 Å². The third-order valence-corrected chi connectivity index (χ3v) is 5.77. The standard InChI is InChI=1S/C24H20N6O/c1-15-13-21(29-20-12-8-7-11-19(20)26-23(29)18(15)14-25)27-22-16(2)28(3)30(24(22)31)17-9-5-4-6-10-17/h4-13H,1-3H3,(H,26,27)/p+1. The molecule has 3 aromatic heterocycles. The fourth-order valence-corrected chi connectivity index (χ4v) is 4.10. The summed E-state index contributed by atoms with van der Waals surface area (Å²) in [5.74, 6) is 0.718. The minimum atomic E-state index is -0.137. The quantitative estimate of drug-likeness (QED) is 0.447. The summed E-state index contributed by atoms with van der Waals surface area (Å²) >= 11 is 0. The highest BCUT2D eigenvalue weighted by molar-refractivity contribution is 5.77. The Balaban J connectivity index is 1.76. The predicted octanol–water partition coefficient (Wildman–Crippen LogP) is 3.63. The van der Waals surface area contributed by atoms with E-state index in [1.165, 1.54) is 0 Å². The molecule has 0 radical (unpaired) electrons. The molecule has 5 rings (SSSR count). The maximum Gasteiger partial charge on any atom is 0.310 e. The lowest BCUT2D eigenvalue weighted by molar-refractivity contribution is -0.464. The van der Waals surface area contributed by atoms with Gasteiger partial charge in [0.1, 0.15) is 22.7 Å². The molecule has 7 heteroatoms. The molecule has 2 N–H and O–H groups in total. The molecule has 0 bridgehead atoms. The van der Waals surface area contributed by atoms with E-state index in [1.54, 1.807) is 4.68 Å². The molecule has 0 fully saturated rings. The van der Waals surface area contributed by atoms with Gasteiger partial charge in [0, 0.05) is 13.1 Å². The van der Waals surface area contributed by atoms with Crippen LogP contribution in [0.4, 0.5) is 11.5 Å². The van der Waals surface area contributed by atoms with Crippen LogP contribution in [0.1, 0.15) is 16.8 Å². The summed E-state index contributed by atoms with van der Waals surface area (Å²) in [5, 5.41) is 13.1. The van der Waals surface area contributed by atoms with Crippen molar-refractivity contribution >= 4 is 28.2 Å². The van der Waals surface area contributed by atoms with Crippen LogP contribution in [0.25, 0.3) is 22.4 Å². The van der Waals surface area contributed by atoms with Gasteiger partial charge in [0.05, 0.1) is 11.4 Å². The molecule has 0 unspecified atom stereocenters. The predicted molar refractivity (Wildman–Crippen MR) is 120 cm³/mol. The molecule has 0 saturated heterocycles. The molecule has 0 aliphatic rings. The normalized spacial score (nSPS) is 11.2. The number of aromatic nitrogens is 4. The number of anilines is 2. The van der Waals surface area contributed by atoms with E-state index in [1.807, 2.05) is 90.6 Å². The van der Waals surface area contributed by atoms with Crippen LogP contribution in [0.5, 0.6) is 0 Å². The number of H-pyrrole nitrogens is 1. The molecule has 0 aliphatic heterocycles. The highest BCUT2D eigenvalue weighted by atomic mass is 16.1. The van der Waals surface area contributed by atoms with Crippen molar-refractivity contribution in [2.75, 3.05) is 5.32 Å². The van der Waals surface area contributed by atoms with Crippen molar-refractivity contribution in [3.05, 3.63) is 87.8 Å². The van der Waals surface area contributed by atoms with E-state index >= 15 is 0 Å². The number of para-hydroxylation sites is 3. The van der Waals surface area contributed by atoms with Crippen LogP contribution in [0, 0.1) is 25.2 Å². The Morgan fingerprint density at radius 1 is 1.06 bits per heavy atom. The van der Waals surface area contributed by atoms with Crippen molar-refractivity contribution in [1.29, 1.82) is 5.26 Å². The summed E-state index contributed by atoms with van der Waals surface area (Å²) in [5.41, 5.74) is 5.91. The number of imidazole rings is 1. The smallest absolute Gasteiger partial charge is 0.282 e. The number of nitrogens with one attached hydrogen (secondary N) is 2. The van der Waals surface area contributed by atoms with E-state index in [0.29, 0.717) is 16.9 Å². The lowest BCUT2D eigenvalue weighted by Crippen LogP contribution is -2.28. The molecule has 0 atom stereocenters. The molecule has 7 nitrogen and oxygen atoms in total. The van der Waals surface area contributed by atoms with Crippen molar-refractivity contribution in [2.24, 2.45) is 7.05 Å². The number of pyridine rings is 1. The van der Waals surface area contributed by atoms with Crippen LogP contribution in [0.15, 0.2) is 65.5 Å². The minimum Gasteiger partial charge on any atom is -0.282 e. The van der Waals surface area contributed by atoms with Gasteiger partial charge in [-0.2, -0.15) is 9.66 Å². The van der Waals surface area contributed by atoms with Crippen molar-refractivity contribution in [3.63, 3.8) is 0 Å². The van der Waals surface area contributed by atoms with Gasteiger partial charge < -0.3 is 0 Å². The zero-order valence-electron chi connectivity index (χ0n) is 17.5. The summed E-state index contributed by atoms with van der Waals surface area (Å²) in [4.78, 5) is 16.7. The minimum absolute atomic E-state index is 0.137. The van der Waals surface area contributed by atoms with Crippen molar-refractivity contribution in [3.8, 4) is 11.8 Å². The van der Waals surface area contributed by atoms with Gasteiger partial charge in [-0.1, -0.05) is 30.3 Å². The second-order valence-electron chi connectivity index (χ2n) is 7.59. The van der Waals surface area contributed by atoms with E-state index in [-0.39, 0.29) is 5.56 Å². The highest BCUT2D eigenvalue weighted by Crippen LogP contribution is 2.23. The number of hydrogen-bond acceptors (Lipinski definition) is 3. The van der Waals surface area contributed by atoms with Crippen molar-refractivity contribution in [1.82, 2.24) is 14.3 Å².